The van der Waals surface area contributed by atoms with Crippen molar-refractivity contribution in [2.24, 2.45) is 22.2 Å². The van der Waals surface area contributed by atoms with Crippen LogP contribution in [0.25, 0.3) is 0 Å². The van der Waals surface area contributed by atoms with E-state index in [1.165, 1.54) is 13.0 Å². The Morgan fingerprint density at radius 2 is 2.39 bits per heavy atom. The molecule has 0 radical (unpaired) electrons. The quantitative estimate of drug-likeness (QED) is 0.726. The summed E-state index contributed by atoms with van der Waals surface area (Å²) >= 11 is 0. The fraction of sp³-hybridized carbons (Fsp3) is 0.692. The molecule has 0 N–H and O–H groups in total. The van der Waals surface area contributed by atoms with Crippen molar-refractivity contribution in [2.75, 3.05) is 13.2 Å². The van der Waals surface area contributed by atoms with Gasteiger partial charge in [-0.05, 0) is 26.3 Å². The normalized spacial score (nSPS) is 34.4. The summed E-state index contributed by atoms with van der Waals surface area (Å²) in [6, 6.07) is 0. The summed E-state index contributed by atoms with van der Waals surface area (Å²) in [5, 5.41) is 0. The van der Waals surface area contributed by atoms with Crippen LogP contribution in [-0.4, -0.2) is 31.3 Å². The molecule has 0 aromatic heterocycles. The van der Waals surface area contributed by atoms with Crippen molar-refractivity contribution in [2.45, 2.75) is 26.7 Å². The summed E-state index contributed by atoms with van der Waals surface area (Å²) in [5.74, 6) is -0.285. The van der Waals surface area contributed by atoms with Gasteiger partial charge in [-0.25, -0.2) is 8.78 Å². The lowest BCUT2D eigenvalue weighted by atomic mass is 9.88. The average Bonchev–Trinajstić information content (AvgIpc) is 3.10. The molecular weight excluding hydrogens is 240 g/mol. The van der Waals surface area contributed by atoms with E-state index < -0.39 is 11.8 Å². The predicted molar refractivity (Wildman–Crippen MR) is 63.8 cm³/mol. The molecule has 0 aromatic carbocycles. The van der Waals surface area contributed by atoms with E-state index in [-0.39, 0.29) is 24.3 Å². The number of hydrogen-bond acceptors (Lipinski definition) is 3. The Balaban J connectivity index is 1.94. The summed E-state index contributed by atoms with van der Waals surface area (Å²) < 4.78 is 30.4. The number of hydrogen-bond donors (Lipinski definition) is 0. The Bertz CT molecular complexity index is 406. The third kappa shape index (κ3) is 2.44. The molecule has 0 aromatic rings. The number of ether oxygens (including phenoxy) is 1. The lowest BCUT2D eigenvalue weighted by molar-refractivity contribution is -0.144. The van der Waals surface area contributed by atoms with Gasteiger partial charge in [0.25, 0.3) is 0 Å². The fourth-order valence-electron chi connectivity index (χ4n) is 2.06. The molecule has 0 saturated heterocycles. The first kappa shape index (κ1) is 13.2. The highest BCUT2D eigenvalue weighted by Gasteiger charge is 2.48. The second kappa shape index (κ2) is 4.78. The molecule has 5 heteroatoms. The summed E-state index contributed by atoms with van der Waals surface area (Å²) in [6.07, 6.45) is 1.45. The fourth-order valence-corrected chi connectivity index (χ4v) is 2.06. The van der Waals surface area contributed by atoms with E-state index in [9.17, 15) is 13.6 Å². The number of carbonyl (C=O) groups is 1. The monoisotopic (exact) mass is 257 g/mol. The van der Waals surface area contributed by atoms with Crippen molar-refractivity contribution in [1.82, 2.24) is 0 Å². The van der Waals surface area contributed by atoms with E-state index >= 15 is 0 Å². The lowest BCUT2D eigenvalue weighted by Gasteiger charge is -2.26. The number of aliphatic imine (C=N–C) groups is 1. The number of nitrogens with zero attached hydrogens (tertiary/aromatic N) is 1. The van der Waals surface area contributed by atoms with E-state index in [1.807, 2.05) is 0 Å². The Morgan fingerprint density at radius 1 is 1.67 bits per heavy atom. The van der Waals surface area contributed by atoms with Crippen LogP contribution in [0.1, 0.15) is 20.3 Å². The van der Waals surface area contributed by atoms with Crippen LogP contribution in [0.4, 0.5) is 8.78 Å². The molecule has 1 aliphatic heterocycles. The first-order valence-corrected chi connectivity index (χ1v) is 6.16. The van der Waals surface area contributed by atoms with Crippen molar-refractivity contribution in [1.29, 1.82) is 0 Å². The van der Waals surface area contributed by atoms with Crippen LogP contribution in [0.5, 0.6) is 0 Å². The zero-order valence-electron chi connectivity index (χ0n) is 10.5. The van der Waals surface area contributed by atoms with Crippen LogP contribution >= 0.6 is 0 Å². The first-order chi connectivity index (χ1) is 8.48. The van der Waals surface area contributed by atoms with Crippen molar-refractivity contribution < 1.29 is 18.3 Å². The standard InChI is InChI=1S/C13H17F2NO2/c1-3-18-11(17)9-6-8(9)10-4-5-13(2,7-16-10)12(14)15/h4-5,8-9,12H,3,6-7H2,1-2H3/t8-,9+,13?/m1/s1. The molecule has 1 saturated carbocycles. The number of esters is 1. The zero-order chi connectivity index (χ0) is 13.3. The second-order valence-corrected chi connectivity index (χ2v) is 5.08. The van der Waals surface area contributed by atoms with E-state index in [4.69, 9.17) is 4.74 Å². The molecule has 2 aliphatic rings. The number of allylic oxidation sites excluding steroid dienone is 1. The smallest absolute Gasteiger partial charge is 0.309 e. The van der Waals surface area contributed by atoms with Gasteiger partial charge < -0.3 is 4.74 Å². The molecular formula is C13H17F2NO2. The minimum atomic E-state index is -2.42. The molecule has 1 aliphatic carbocycles. The van der Waals surface area contributed by atoms with Crippen molar-refractivity contribution in [3.8, 4) is 0 Å². The molecule has 1 unspecified atom stereocenters. The molecule has 2 rings (SSSR count). The first-order valence-electron chi connectivity index (χ1n) is 6.16. The second-order valence-electron chi connectivity index (χ2n) is 5.08. The molecule has 1 heterocycles. The minimum Gasteiger partial charge on any atom is -0.466 e. The summed E-state index contributed by atoms with van der Waals surface area (Å²) in [6.45, 7) is 3.71. The van der Waals surface area contributed by atoms with E-state index in [0.717, 1.165) is 5.71 Å². The highest BCUT2D eigenvalue weighted by atomic mass is 19.3. The predicted octanol–water partition coefficient (Wildman–Crippen LogP) is 2.47. The van der Waals surface area contributed by atoms with Crippen LogP contribution < -0.4 is 0 Å². The van der Waals surface area contributed by atoms with Crippen LogP contribution in [0, 0.1) is 17.3 Å². The zero-order valence-corrected chi connectivity index (χ0v) is 10.5. The van der Waals surface area contributed by atoms with E-state index in [2.05, 4.69) is 4.99 Å². The van der Waals surface area contributed by atoms with Gasteiger partial charge in [0, 0.05) is 11.6 Å². The third-order valence-corrected chi connectivity index (χ3v) is 3.50. The maximum atomic E-state index is 12.8. The van der Waals surface area contributed by atoms with Crippen molar-refractivity contribution in [3.63, 3.8) is 0 Å². The van der Waals surface area contributed by atoms with Gasteiger partial charge in [-0.15, -0.1) is 0 Å². The van der Waals surface area contributed by atoms with Crippen LogP contribution in [0.15, 0.2) is 17.1 Å². The van der Waals surface area contributed by atoms with Gasteiger partial charge in [0.15, 0.2) is 0 Å². The van der Waals surface area contributed by atoms with Crippen LogP contribution in [-0.2, 0) is 9.53 Å². The maximum absolute atomic E-state index is 12.8. The molecule has 3 nitrogen and oxygen atoms in total. The topological polar surface area (TPSA) is 38.7 Å². The van der Waals surface area contributed by atoms with Gasteiger partial charge in [0.2, 0.25) is 6.43 Å². The molecule has 18 heavy (non-hydrogen) atoms. The Labute approximate surface area is 105 Å². The van der Waals surface area contributed by atoms with Gasteiger partial charge in [0.1, 0.15) is 0 Å². The Hall–Kier alpha value is -1.26. The van der Waals surface area contributed by atoms with Crippen molar-refractivity contribution >= 4 is 11.7 Å². The molecule has 1 fully saturated rings. The van der Waals surface area contributed by atoms with Gasteiger partial charge >= 0.3 is 5.97 Å². The summed E-state index contributed by atoms with van der Waals surface area (Å²) in [7, 11) is 0. The van der Waals surface area contributed by atoms with Crippen LogP contribution in [0.3, 0.4) is 0 Å². The van der Waals surface area contributed by atoms with E-state index in [1.54, 1.807) is 13.0 Å². The van der Waals surface area contributed by atoms with Gasteiger partial charge in [-0.1, -0.05) is 6.08 Å². The Kier molecular flexibility index (Phi) is 3.50. The molecule has 100 valence electrons. The van der Waals surface area contributed by atoms with Crippen molar-refractivity contribution in [3.05, 3.63) is 12.2 Å². The molecule has 0 amide bonds. The number of rotatable bonds is 4. The summed E-state index contributed by atoms with van der Waals surface area (Å²) in [5.41, 5.74) is -0.413. The van der Waals surface area contributed by atoms with Gasteiger partial charge in [0.05, 0.1) is 24.5 Å². The highest BCUT2D eigenvalue weighted by molar-refractivity contribution is 6.02. The van der Waals surface area contributed by atoms with E-state index in [0.29, 0.717) is 13.0 Å². The lowest BCUT2D eigenvalue weighted by Crippen LogP contribution is -2.30. The molecule has 3 atom stereocenters. The molecule has 0 bridgehead atoms. The largest absolute Gasteiger partial charge is 0.466 e. The molecule has 0 spiro atoms. The van der Waals surface area contributed by atoms with Gasteiger partial charge in [-0.2, -0.15) is 0 Å². The number of halogens is 2. The Morgan fingerprint density at radius 3 is 2.89 bits per heavy atom. The summed E-state index contributed by atoms with van der Waals surface area (Å²) in [4.78, 5) is 15.7. The average molecular weight is 257 g/mol. The minimum absolute atomic E-state index is 0.0579. The third-order valence-electron chi connectivity index (χ3n) is 3.50. The number of alkyl halides is 2. The highest BCUT2D eigenvalue weighted by Crippen LogP contribution is 2.43. The van der Waals surface area contributed by atoms with Gasteiger partial charge in [-0.3, -0.25) is 9.79 Å². The SMILES string of the molecule is CCOC(=O)[C@H]1C[C@H]1C1=NCC(C)(C(F)F)C=C1. The van der Waals surface area contributed by atoms with Crippen LogP contribution in [0.2, 0.25) is 0 Å². The number of dihydropyridines is 1. The maximum Gasteiger partial charge on any atom is 0.309 e. The number of carbonyl (C=O) groups excluding carboxylic acids is 1.